The Labute approximate surface area is 132 Å². The summed E-state index contributed by atoms with van der Waals surface area (Å²) in [5, 5.41) is 3.21. The highest BCUT2D eigenvalue weighted by molar-refractivity contribution is 7.98. The molecule has 1 N–H and O–H groups in total. The summed E-state index contributed by atoms with van der Waals surface area (Å²) in [6.07, 6.45) is 3.87. The van der Waals surface area contributed by atoms with E-state index in [0.717, 1.165) is 25.1 Å². The maximum absolute atomic E-state index is 12.5. The first kappa shape index (κ1) is 18.5. The molecule has 1 aromatic heterocycles. The topological polar surface area (TPSA) is 62.6 Å². The largest absolute Gasteiger partial charge is 0.447 e. The van der Waals surface area contributed by atoms with Gasteiger partial charge in [0.15, 0.2) is 0 Å². The Morgan fingerprint density at radius 2 is 2.14 bits per heavy atom. The summed E-state index contributed by atoms with van der Waals surface area (Å²) in [6.45, 7) is 5.43. The first-order valence-electron chi connectivity index (χ1n) is 7.19. The monoisotopic (exact) mass is 334 g/mol. The lowest BCUT2D eigenvalue weighted by atomic mass is 10.3. The van der Waals surface area contributed by atoms with Crippen LogP contribution in [0, 0.1) is 0 Å². The number of nitrogens with zero attached hydrogens (tertiary/aromatic N) is 1. The van der Waals surface area contributed by atoms with E-state index >= 15 is 0 Å². The number of hydrogen-bond acceptors (Lipinski definition) is 5. The molecule has 0 spiro atoms. The Kier molecular flexibility index (Phi) is 7.79. The van der Waals surface area contributed by atoms with E-state index in [2.05, 4.69) is 12.2 Å². The van der Waals surface area contributed by atoms with Crippen LogP contribution in [0.15, 0.2) is 21.6 Å². The van der Waals surface area contributed by atoms with Crippen LogP contribution in [0.4, 0.5) is 0 Å². The average molecular weight is 335 g/mol. The maximum Gasteiger partial charge on any atom is 0.276 e. The van der Waals surface area contributed by atoms with Crippen molar-refractivity contribution in [1.82, 2.24) is 9.62 Å². The molecule has 5 nitrogen and oxygen atoms in total. The van der Waals surface area contributed by atoms with Crippen LogP contribution in [0.1, 0.15) is 32.4 Å². The zero-order valence-electron chi connectivity index (χ0n) is 13.3. The zero-order chi connectivity index (χ0) is 15.9. The van der Waals surface area contributed by atoms with Gasteiger partial charge in [-0.25, -0.2) is 8.42 Å². The van der Waals surface area contributed by atoms with Gasteiger partial charge in [-0.3, -0.25) is 0 Å². The lowest BCUT2D eigenvalue weighted by molar-refractivity contribution is 0.349. The fraction of sp³-hybridized carbons (Fsp3) is 0.714. The predicted molar refractivity (Wildman–Crippen MR) is 88.1 cm³/mol. The van der Waals surface area contributed by atoms with Crippen molar-refractivity contribution in [3.05, 3.63) is 17.9 Å². The van der Waals surface area contributed by atoms with Crippen molar-refractivity contribution in [2.24, 2.45) is 0 Å². The molecule has 0 aliphatic carbocycles. The van der Waals surface area contributed by atoms with Crippen LogP contribution in [0.2, 0.25) is 0 Å². The predicted octanol–water partition coefficient (Wildman–Crippen LogP) is 2.54. The molecule has 0 amide bonds. The van der Waals surface area contributed by atoms with E-state index in [1.165, 1.54) is 10.4 Å². The molecule has 0 saturated carbocycles. The fourth-order valence-corrected chi connectivity index (χ4v) is 3.72. The first-order valence-corrected chi connectivity index (χ1v) is 10.0. The quantitative estimate of drug-likeness (QED) is 0.666. The highest BCUT2D eigenvalue weighted by Gasteiger charge is 2.28. The SMILES string of the molecule is CCCNCc1ccc(S(=O)(=O)N(C)C(C)CCSC)o1. The van der Waals surface area contributed by atoms with Gasteiger partial charge in [0, 0.05) is 13.1 Å². The summed E-state index contributed by atoms with van der Waals surface area (Å²) in [5.41, 5.74) is 0. The Balaban J connectivity index is 2.73. The normalized spacial score (nSPS) is 13.8. The molecule has 1 unspecified atom stereocenters. The van der Waals surface area contributed by atoms with Crippen LogP contribution in [-0.4, -0.2) is 44.4 Å². The van der Waals surface area contributed by atoms with Crippen molar-refractivity contribution in [2.45, 2.75) is 44.4 Å². The van der Waals surface area contributed by atoms with E-state index in [1.807, 2.05) is 13.2 Å². The molecule has 1 rings (SSSR count). The molecular weight excluding hydrogens is 308 g/mol. The summed E-state index contributed by atoms with van der Waals surface area (Å²) < 4.78 is 31.8. The molecule has 0 bridgehead atoms. The van der Waals surface area contributed by atoms with Gasteiger partial charge in [-0.1, -0.05) is 6.92 Å². The highest BCUT2D eigenvalue weighted by Crippen LogP contribution is 2.21. The van der Waals surface area contributed by atoms with Gasteiger partial charge >= 0.3 is 0 Å². The van der Waals surface area contributed by atoms with E-state index in [-0.39, 0.29) is 11.1 Å². The number of rotatable bonds is 10. The summed E-state index contributed by atoms with van der Waals surface area (Å²) in [7, 11) is -1.94. The molecule has 0 aliphatic heterocycles. The minimum absolute atomic E-state index is 0.0225. The number of nitrogens with one attached hydrogen (secondary N) is 1. The van der Waals surface area contributed by atoms with Crippen molar-refractivity contribution in [1.29, 1.82) is 0 Å². The molecule has 1 heterocycles. The van der Waals surface area contributed by atoms with Crippen LogP contribution in [0.25, 0.3) is 0 Å². The summed E-state index contributed by atoms with van der Waals surface area (Å²) in [6, 6.07) is 3.21. The standard InChI is InChI=1S/C14H26N2O3S2/c1-5-9-15-11-13-6-7-14(19-13)21(17,18)16(3)12(2)8-10-20-4/h6-7,12,15H,5,8-11H2,1-4H3. The van der Waals surface area contributed by atoms with Gasteiger partial charge in [-0.05, 0) is 50.5 Å². The third-order valence-electron chi connectivity index (χ3n) is 3.36. The molecule has 0 aliphatic rings. The molecule has 0 radical (unpaired) electrons. The average Bonchev–Trinajstić information content (AvgIpc) is 2.93. The maximum atomic E-state index is 12.5. The zero-order valence-corrected chi connectivity index (χ0v) is 14.9. The van der Waals surface area contributed by atoms with Gasteiger partial charge < -0.3 is 9.73 Å². The van der Waals surface area contributed by atoms with Crippen molar-refractivity contribution in [2.75, 3.05) is 25.6 Å². The highest BCUT2D eigenvalue weighted by atomic mass is 32.2. The van der Waals surface area contributed by atoms with Gasteiger partial charge in [0.1, 0.15) is 5.76 Å². The van der Waals surface area contributed by atoms with Gasteiger partial charge in [-0.2, -0.15) is 16.1 Å². The van der Waals surface area contributed by atoms with Crippen molar-refractivity contribution >= 4 is 21.8 Å². The number of hydrogen-bond donors (Lipinski definition) is 1. The molecule has 7 heteroatoms. The molecule has 0 saturated heterocycles. The second kappa shape index (κ2) is 8.82. The lowest BCUT2D eigenvalue weighted by Crippen LogP contribution is -2.35. The lowest BCUT2D eigenvalue weighted by Gasteiger charge is -2.22. The molecule has 122 valence electrons. The van der Waals surface area contributed by atoms with Crippen LogP contribution in [-0.2, 0) is 16.6 Å². The minimum atomic E-state index is -3.55. The molecule has 1 atom stereocenters. The number of sulfonamides is 1. The second-order valence-electron chi connectivity index (χ2n) is 5.05. The van der Waals surface area contributed by atoms with Gasteiger partial charge in [0.2, 0.25) is 5.09 Å². The van der Waals surface area contributed by atoms with E-state index in [1.54, 1.807) is 24.9 Å². The van der Waals surface area contributed by atoms with Crippen LogP contribution < -0.4 is 5.32 Å². The van der Waals surface area contributed by atoms with Crippen molar-refractivity contribution in [3.8, 4) is 0 Å². The number of furan rings is 1. The minimum Gasteiger partial charge on any atom is -0.447 e. The van der Waals surface area contributed by atoms with Gasteiger partial charge in [0.25, 0.3) is 10.0 Å². The smallest absolute Gasteiger partial charge is 0.276 e. The number of thioether (sulfide) groups is 1. The Morgan fingerprint density at radius 3 is 2.76 bits per heavy atom. The summed E-state index contributed by atoms with van der Waals surface area (Å²) >= 11 is 1.72. The molecule has 21 heavy (non-hydrogen) atoms. The van der Waals surface area contributed by atoms with Crippen molar-refractivity contribution in [3.63, 3.8) is 0 Å². The van der Waals surface area contributed by atoms with Crippen LogP contribution >= 0.6 is 11.8 Å². The summed E-state index contributed by atoms with van der Waals surface area (Å²) in [4.78, 5) is 0. The third-order valence-corrected chi connectivity index (χ3v) is 5.85. The molecule has 0 aromatic carbocycles. The van der Waals surface area contributed by atoms with Gasteiger partial charge in [0.05, 0.1) is 6.54 Å². The Bertz CT molecular complexity index is 514. The second-order valence-corrected chi connectivity index (χ2v) is 7.96. The molecule has 1 aromatic rings. The summed E-state index contributed by atoms with van der Waals surface area (Å²) in [5.74, 6) is 1.58. The fourth-order valence-electron chi connectivity index (χ4n) is 1.83. The Morgan fingerprint density at radius 1 is 1.43 bits per heavy atom. The Hall–Kier alpha value is -0.500. The van der Waals surface area contributed by atoms with Crippen LogP contribution in [0.5, 0.6) is 0 Å². The van der Waals surface area contributed by atoms with E-state index in [4.69, 9.17) is 4.42 Å². The van der Waals surface area contributed by atoms with Crippen LogP contribution in [0.3, 0.4) is 0 Å². The third kappa shape index (κ3) is 5.32. The molecule has 0 fully saturated rings. The van der Waals surface area contributed by atoms with E-state index in [0.29, 0.717) is 12.3 Å². The first-order chi connectivity index (χ1) is 9.93. The van der Waals surface area contributed by atoms with E-state index < -0.39 is 10.0 Å². The van der Waals surface area contributed by atoms with Gasteiger partial charge in [-0.15, -0.1) is 0 Å². The van der Waals surface area contributed by atoms with E-state index in [9.17, 15) is 8.42 Å². The molecular formula is C14H26N2O3S2. The van der Waals surface area contributed by atoms with Crippen molar-refractivity contribution < 1.29 is 12.8 Å².